The molecule has 1 fully saturated rings. The third-order valence-corrected chi connectivity index (χ3v) is 4.61. The van der Waals surface area contributed by atoms with Gasteiger partial charge in [-0.2, -0.15) is 0 Å². The Morgan fingerprint density at radius 1 is 1.16 bits per heavy atom. The molecule has 130 valence electrons. The van der Waals surface area contributed by atoms with Crippen LogP contribution < -0.4 is 19.7 Å². The first-order valence-corrected chi connectivity index (χ1v) is 8.68. The topological polar surface area (TPSA) is 63.7 Å². The molecule has 1 aromatic heterocycles. The second-order valence-electron chi connectivity index (χ2n) is 6.28. The van der Waals surface area contributed by atoms with Gasteiger partial charge in [0.1, 0.15) is 5.82 Å². The quantitative estimate of drug-likeness (QED) is 0.928. The van der Waals surface area contributed by atoms with Crippen LogP contribution in [0.5, 0.6) is 11.5 Å². The lowest BCUT2D eigenvalue weighted by Gasteiger charge is -2.27. The number of amides is 1. The Labute approximate surface area is 146 Å². The molecule has 1 aromatic carbocycles. The Hall–Kier alpha value is -2.76. The zero-order valence-corrected chi connectivity index (χ0v) is 14.0. The fourth-order valence-electron chi connectivity index (χ4n) is 3.26. The lowest BCUT2D eigenvalue weighted by molar-refractivity contribution is 0.0950. The van der Waals surface area contributed by atoms with Crippen LogP contribution in [0.4, 0.5) is 5.82 Å². The number of benzene rings is 1. The van der Waals surface area contributed by atoms with Crippen LogP contribution >= 0.6 is 0 Å². The van der Waals surface area contributed by atoms with Gasteiger partial charge in [0.05, 0.1) is 0 Å². The predicted octanol–water partition coefficient (Wildman–Crippen LogP) is 2.73. The maximum Gasteiger partial charge on any atom is 0.251 e. The first-order chi connectivity index (χ1) is 12.3. The number of pyridine rings is 1. The van der Waals surface area contributed by atoms with E-state index in [2.05, 4.69) is 15.2 Å². The number of fused-ring (bicyclic) bond motifs is 1. The van der Waals surface area contributed by atoms with Crippen LogP contribution in [0.1, 0.15) is 35.2 Å². The Morgan fingerprint density at radius 2 is 2.04 bits per heavy atom. The number of hydrogen-bond acceptors (Lipinski definition) is 5. The van der Waals surface area contributed by atoms with Crippen molar-refractivity contribution in [3.63, 3.8) is 0 Å². The van der Waals surface area contributed by atoms with Gasteiger partial charge in [-0.3, -0.25) is 4.79 Å². The van der Waals surface area contributed by atoms with E-state index in [4.69, 9.17) is 9.47 Å². The molecule has 0 radical (unpaired) electrons. The summed E-state index contributed by atoms with van der Waals surface area (Å²) in [6, 6.07) is 9.31. The van der Waals surface area contributed by atoms with E-state index in [0.717, 1.165) is 30.2 Å². The molecule has 25 heavy (non-hydrogen) atoms. The van der Waals surface area contributed by atoms with Crippen molar-refractivity contribution in [3.05, 3.63) is 47.7 Å². The van der Waals surface area contributed by atoms with Crippen molar-refractivity contribution in [2.75, 3.05) is 24.8 Å². The number of carbonyl (C=O) groups is 1. The minimum atomic E-state index is -0.114. The SMILES string of the molecule is O=C(NCc1cccc2c1OCO2)c1ccnc(N2CCCCC2)c1. The molecule has 0 spiro atoms. The van der Waals surface area contributed by atoms with E-state index in [0.29, 0.717) is 17.9 Å². The molecule has 1 saturated heterocycles. The highest BCUT2D eigenvalue weighted by molar-refractivity contribution is 5.94. The summed E-state index contributed by atoms with van der Waals surface area (Å²) in [5.74, 6) is 2.21. The van der Waals surface area contributed by atoms with Gasteiger partial charge in [0.2, 0.25) is 6.79 Å². The van der Waals surface area contributed by atoms with Crippen molar-refractivity contribution in [2.45, 2.75) is 25.8 Å². The minimum absolute atomic E-state index is 0.114. The van der Waals surface area contributed by atoms with Gasteiger partial charge in [-0.15, -0.1) is 0 Å². The van der Waals surface area contributed by atoms with Crippen LogP contribution in [-0.4, -0.2) is 30.8 Å². The molecule has 2 aliphatic rings. The maximum atomic E-state index is 12.5. The summed E-state index contributed by atoms with van der Waals surface area (Å²) in [4.78, 5) is 19.2. The highest BCUT2D eigenvalue weighted by Gasteiger charge is 2.18. The summed E-state index contributed by atoms with van der Waals surface area (Å²) in [7, 11) is 0. The van der Waals surface area contributed by atoms with Crippen LogP contribution in [0.3, 0.4) is 0 Å². The zero-order valence-electron chi connectivity index (χ0n) is 14.0. The lowest BCUT2D eigenvalue weighted by Crippen LogP contribution is -2.30. The number of carbonyl (C=O) groups excluding carboxylic acids is 1. The molecular weight excluding hydrogens is 318 g/mol. The van der Waals surface area contributed by atoms with Crippen LogP contribution in [-0.2, 0) is 6.54 Å². The monoisotopic (exact) mass is 339 g/mol. The average molecular weight is 339 g/mol. The molecule has 0 unspecified atom stereocenters. The first-order valence-electron chi connectivity index (χ1n) is 8.68. The molecule has 2 aromatic rings. The Morgan fingerprint density at radius 3 is 2.92 bits per heavy atom. The summed E-state index contributed by atoms with van der Waals surface area (Å²) in [5, 5.41) is 2.95. The predicted molar refractivity (Wildman–Crippen MR) is 94.0 cm³/mol. The fraction of sp³-hybridized carbons (Fsp3) is 0.368. The van der Waals surface area contributed by atoms with Gasteiger partial charge < -0.3 is 19.7 Å². The molecule has 4 rings (SSSR count). The number of anilines is 1. The van der Waals surface area contributed by atoms with Crippen LogP contribution in [0.25, 0.3) is 0 Å². The molecule has 0 atom stereocenters. The van der Waals surface area contributed by atoms with E-state index < -0.39 is 0 Å². The number of nitrogens with zero attached hydrogens (tertiary/aromatic N) is 2. The van der Waals surface area contributed by atoms with Gasteiger partial charge in [-0.1, -0.05) is 12.1 Å². The van der Waals surface area contributed by atoms with Crippen LogP contribution in [0, 0.1) is 0 Å². The first kappa shape index (κ1) is 15.7. The summed E-state index contributed by atoms with van der Waals surface area (Å²) in [6.07, 6.45) is 5.33. The van der Waals surface area contributed by atoms with E-state index in [1.165, 1.54) is 19.3 Å². The van der Waals surface area contributed by atoms with Crippen molar-refractivity contribution in [2.24, 2.45) is 0 Å². The van der Waals surface area contributed by atoms with E-state index in [1.54, 1.807) is 12.3 Å². The number of rotatable bonds is 4. The number of nitrogens with one attached hydrogen (secondary N) is 1. The number of ether oxygens (including phenoxy) is 2. The molecule has 0 bridgehead atoms. The van der Waals surface area contributed by atoms with Gasteiger partial charge in [0.15, 0.2) is 11.5 Å². The molecule has 2 aliphatic heterocycles. The molecule has 6 heteroatoms. The number of aromatic nitrogens is 1. The van der Waals surface area contributed by atoms with Crippen molar-refractivity contribution in [3.8, 4) is 11.5 Å². The van der Waals surface area contributed by atoms with Crippen molar-refractivity contribution in [1.29, 1.82) is 0 Å². The van der Waals surface area contributed by atoms with Gasteiger partial charge in [0, 0.05) is 37.0 Å². The fourth-order valence-corrected chi connectivity index (χ4v) is 3.26. The summed E-state index contributed by atoms with van der Waals surface area (Å²) in [5.41, 5.74) is 1.54. The Balaban J connectivity index is 1.44. The minimum Gasteiger partial charge on any atom is -0.454 e. The number of para-hydroxylation sites is 1. The molecule has 3 heterocycles. The third kappa shape index (κ3) is 3.38. The normalized spacial score (nSPS) is 15.9. The van der Waals surface area contributed by atoms with Crippen LogP contribution in [0.2, 0.25) is 0 Å². The molecule has 1 N–H and O–H groups in total. The second-order valence-corrected chi connectivity index (χ2v) is 6.28. The van der Waals surface area contributed by atoms with E-state index in [1.807, 2.05) is 24.3 Å². The lowest BCUT2D eigenvalue weighted by atomic mass is 10.1. The van der Waals surface area contributed by atoms with E-state index in [-0.39, 0.29) is 12.7 Å². The second kappa shape index (κ2) is 7.01. The van der Waals surface area contributed by atoms with Gasteiger partial charge in [-0.25, -0.2) is 4.98 Å². The number of piperidine rings is 1. The molecule has 6 nitrogen and oxygen atoms in total. The van der Waals surface area contributed by atoms with Crippen molar-refractivity contribution in [1.82, 2.24) is 10.3 Å². The van der Waals surface area contributed by atoms with E-state index in [9.17, 15) is 4.79 Å². The van der Waals surface area contributed by atoms with Crippen LogP contribution in [0.15, 0.2) is 36.5 Å². The Kier molecular flexibility index (Phi) is 4.41. The van der Waals surface area contributed by atoms with Crippen molar-refractivity contribution < 1.29 is 14.3 Å². The van der Waals surface area contributed by atoms with Crippen molar-refractivity contribution >= 4 is 11.7 Å². The molecular formula is C19H21N3O3. The summed E-state index contributed by atoms with van der Waals surface area (Å²) in [6.45, 7) is 2.63. The molecule has 0 saturated carbocycles. The maximum absolute atomic E-state index is 12.5. The average Bonchev–Trinajstić information content (AvgIpc) is 3.16. The summed E-state index contributed by atoms with van der Waals surface area (Å²) >= 11 is 0. The highest BCUT2D eigenvalue weighted by atomic mass is 16.7. The Bertz CT molecular complexity index is 772. The highest BCUT2D eigenvalue weighted by Crippen LogP contribution is 2.35. The standard InChI is InChI=1S/C19H21N3O3/c23-19(21-12-15-5-4-6-16-18(15)25-13-24-16)14-7-8-20-17(11-14)22-9-2-1-3-10-22/h4-8,11H,1-3,9-10,12-13H2,(H,21,23). The summed E-state index contributed by atoms with van der Waals surface area (Å²) < 4.78 is 10.8. The molecule has 1 amide bonds. The van der Waals surface area contributed by atoms with Gasteiger partial charge in [-0.05, 0) is 37.5 Å². The number of hydrogen-bond donors (Lipinski definition) is 1. The third-order valence-electron chi connectivity index (χ3n) is 4.61. The smallest absolute Gasteiger partial charge is 0.251 e. The van der Waals surface area contributed by atoms with Gasteiger partial charge >= 0.3 is 0 Å². The van der Waals surface area contributed by atoms with Gasteiger partial charge in [0.25, 0.3) is 5.91 Å². The van der Waals surface area contributed by atoms with E-state index >= 15 is 0 Å². The molecule has 0 aliphatic carbocycles. The zero-order chi connectivity index (χ0) is 17.1. The largest absolute Gasteiger partial charge is 0.454 e.